The third-order valence-corrected chi connectivity index (χ3v) is 4.30. The smallest absolute Gasteiger partial charge is 0.263 e. The van der Waals surface area contributed by atoms with Crippen molar-refractivity contribution in [3.8, 4) is 22.0 Å². The van der Waals surface area contributed by atoms with E-state index < -0.39 is 0 Å². The minimum absolute atomic E-state index is 0.0478. The first-order chi connectivity index (χ1) is 11.3. The van der Waals surface area contributed by atoms with Crippen molar-refractivity contribution in [1.82, 2.24) is 10.3 Å². The van der Waals surface area contributed by atoms with E-state index in [1.54, 1.807) is 12.3 Å². The molecule has 0 bridgehead atoms. The maximum absolute atomic E-state index is 12.4. The highest BCUT2D eigenvalue weighted by molar-refractivity contribution is 7.17. The van der Waals surface area contributed by atoms with E-state index in [0.717, 1.165) is 5.56 Å². The van der Waals surface area contributed by atoms with Gasteiger partial charge in [0.15, 0.2) is 10.8 Å². The minimum atomic E-state index is -0.187. The molecule has 0 radical (unpaired) electrons. The summed E-state index contributed by atoms with van der Waals surface area (Å²) < 4.78 is 5.39. The molecule has 0 fully saturated rings. The van der Waals surface area contributed by atoms with Crippen molar-refractivity contribution >= 4 is 17.2 Å². The van der Waals surface area contributed by atoms with Gasteiger partial charge in [-0.1, -0.05) is 30.3 Å². The standard InChI is InChI=1S/C17H16N2O3S/c20-10-5-9-18-16(21)15-14(12-6-2-1-3-7-12)19-17(23-15)13-8-4-11-22-13/h1-4,6-8,11,20H,5,9-10H2,(H,18,21). The number of carbonyl (C=O) groups is 1. The Bertz CT molecular complexity index is 767. The lowest BCUT2D eigenvalue weighted by Gasteiger charge is -2.04. The van der Waals surface area contributed by atoms with E-state index in [-0.39, 0.29) is 12.5 Å². The second-order valence-corrected chi connectivity index (χ2v) is 5.87. The first kappa shape index (κ1) is 15.5. The molecule has 1 amide bonds. The number of hydrogen-bond donors (Lipinski definition) is 2. The van der Waals surface area contributed by atoms with E-state index >= 15 is 0 Å². The van der Waals surface area contributed by atoms with Crippen molar-refractivity contribution in [3.63, 3.8) is 0 Å². The van der Waals surface area contributed by atoms with E-state index in [1.807, 2.05) is 36.4 Å². The van der Waals surface area contributed by atoms with Crippen LogP contribution in [0.4, 0.5) is 0 Å². The third-order valence-electron chi connectivity index (χ3n) is 3.23. The van der Waals surface area contributed by atoms with Gasteiger partial charge >= 0.3 is 0 Å². The van der Waals surface area contributed by atoms with E-state index in [0.29, 0.717) is 34.3 Å². The largest absolute Gasteiger partial charge is 0.462 e. The number of aliphatic hydroxyl groups is 1. The summed E-state index contributed by atoms with van der Waals surface area (Å²) in [6.07, 6.45) is 2.11. The van der Waals surface area contributed by atoms with Crippen LogP contribution >= 0.6 is 11.3 Å². The summed E-state index contributed by atoms with van der Waals surface area (Å²) in [4.78, 5) is 17.6. The quantitative estimate of drug-likeness (QED) is 0.682. The summed E-state index contributed by atoms with van der Waals surface area (Å²) in [6, 6.07) is 13.2. The zero-order valence-corrected chi connectivity index (χ0v) is 13.2. The Morgan fingerprint density at radius 1 is 1.22 bits per heavy atom. The molecule has 5 nitrogen and oxygen atoms in total. The van der Waals surface area contributed by atoms with Crippen molar-refractivity contribution in [2.75, 3.05) is 13.2 Å². The van der Waals surface area contributed by atoms with Gasteiger partial charge in [-0.2, -0.15) is 0 Å². The van der Waals surface area contributed by atoms with Crippen LogP contribution in [-0.4, -0.2) is 29.1 Å². The average Bonchev–Trinajstić information content (AvgIpc) is 3.25. The fraction of sp³-hybridized carbons (Fsp3) is 0.176. The summed E-state index contributed by atoms with van der Waals surface area (Å²) in [7, 11) is 0. The lowest BCUT2D eigenvalue weighted by atomic mass is 10.1. The Morgan fingerprint density at radius 2 is 2.04 bits per heavy atom. The van der Waals surface area contributed by atoms with Gasteiger partial charge in [-0.15, -0.1) is 11.3 Å². The van der Waals surface area contributed by atoms with Crippen LogP contribution in [0.3, 0.4) is 0 Å². The lowest BCUT2D eigenvalue weighted by Crippen LogP contribution is -2.24. The number of carbonyl (C=O) groups excluding carboxylic acids is 1. The van der Waals surface area contributed by atoms with Crippen LogP contribution in [0.2, 0.25) is 0 Å². The molecule has 0 aliphatic carbocycles. The Kier molecular flexibility index (Phi) is 4.85. The van der Waals surface area contributed by atoms with Gasteiger partial charge in [0.05, 0.1) is 12.0 Å². The number of rotatable bonds is 6. The predicted molar refractivity (Wildman–Crippen MR) is 89.3 cm³/mol. The number of nitrogens with one attached hydrogen (secondary N) is 1. The van der Waals surface area contributed by atoms with Crippen molar-refractivity contribution in [1.29, 1.82) is 0 Å². The molecular formula is C17H16N2O3S. The zero-order chi connectivity index (χ0) is 16.1. The zero-order valence-electron chi connectivity index (χ0n) is 12.4. The highest BCUT2D eigenvalue weighted by atomic mass is 32.1. The maximum Gasteiger partial charge on any atom is 0.263 e. The van der Waals surface area contributed by atoms with Crippen LogP contribution in [0.25, 0.3) is 22.0 Å². The Balaban J connectivity index is 1.97. The molecule has 23 heavy (non-hydrogen) atoms. The van der Waals surface area contributed by atoms with E-state index in [9.17, 15) is 4.79 Å². The van der Waals surface area contributed by atoms with Crippen LogP contribution in [-0.2, 0) is 0 Å². The summed E-state index contributed by atoms with van der Waals surface area (Å²) in [5.41, 5.74) is 1.53. The van der Waals surface area contributed by atoms with Crippen molar-refractivity contribution in [3.05, 3.63) is 53.6 Å². The van der Waals surface area contributed by atoms with Gasteiger partial charge in [0.1, 0.15) is 4.88 Å². The van der Waals surface area contributed by atoms with Gasteiger partial charge in [0.2, 0.25) is 0 Å². The second-order valence-electron chi connectivity index (χ2n) is 4.87. The predicted octanol–water partition coefficient (Wildman–Crippen LogP) is 3.18. The molecule has 3 aromatic rings. The van der Waals surface area contributed by atoms with Gasteiger partial charge in [-0.3, -0.25) is 4.79 Å². The number of aromatic nitrogens is 1. The molecule has 0 spiro atoms. The molecule has 0 saturated heterocycles. The molecule has 2 N–H and O–H groups in total. The number of furan rings is 1. The third kappa shape index (κ3) is 3.49. The fourth-order valence-corrected chi connectivity index (χ4v) is 3.10. The van der Waals surface area contributed by atoms with Gasteiger partial charge in [-0.25, -0.2) is 4.98 Å². The van der Waals surface area contributed by atoms with Gasteiger partial charge in [0, 0.05) is 18.7 Å². The molecule has 6 heteroatoms. The van der Waals surface area contributed by atoms with Crippen LogP contribution in [0.5, 0.6) is 0 Å². The van der Waals surface area contributed by atoms with E-state index in [4.69, 9.17) is 9.52 Å². The van der Waals surface area contributed by atoms with Gasteiger partial charge in [0.25, 0.3) is 5.91 Å². The van der Waals surface area contributed by atoms with Crippen molar-refractivity contribution in [2.45, 2.75) is 6.42 Å². The molecule has 0 atom stereocenters. The normalized spacial score (nSPS) is 10.7. The van der Waals surface area contributed by atoms with Crippen molar-refractivity contribution in [2.24, 2.45) is 0 Å². The monoisotopic (exact) mass is 328 g/mol. The molecular weight excluding hydrogens is 312 g/mol. The number of thiazole rings is 1. The summed E-state index contributed by atoms with van der Waals surface area (Å²) >= 11 is 1.30. The number of nitrogens with zero attached hydrogens (tertiary/aromatic N) is 1. The maximum atomic E-state index is 12.4. The van der Waals surface area contributed by atoms with E-state index in [1.165, 1.54) is 11.3 Å². The summed E-state index contributed by atoms with van der Waals surface area (Å²) in [5, 5.41) is 12.3. The molecule has 2 aromatic heterocycles. The molecule has 2 heterocycles. The number of benzene rings is 1. The van der Waals surface area contributed by atoms with Crippen LogP contribution in [0.15, 0.2) is 53.1 Å². The number of amides is 1. The van der Waals surface area contributed by atoms with Crippen molar-refractivity contribution < 1.29 is 14.3 Å². The number of aliphatic hydroxyl groups excluding tert-OH is 1. The summed E-state index contributed by atoms with van der Waals surface area (Å²) in [6.45, 7) is 0.476. The molecule has 0 saturated carbocycles. The average molecular weight is 328 g/mol. The highest BCUT2D eigenvalue weighted by Crippen LogP contribution is 2.34. The fourth-order valence-electron chi connectivity index (χ4n) is 2.13. The highest BCUT2D eigenvalue weighted by Gasteiger charge is 2.20. The second kappa shape index (κ2) is 7.21. The Labute approximate surface area is 137 Å². The summed E-state index contributed by atoms with van der Waals surface area (Å²) in [5.74, 6) is 0.453. The van der Waals surface area contributed by atoms with E-state index in [2.05, 4.69) is 10.3 Å². The Morgan fingerprint density at radius 3 is 2.74 bits per heavy atom. The number of hydrogen-bond acceptors (Lipinski definition) is 5. The van der Waals surface area contributed by atoms with Gasteiger partial charge in [-0.05, 0) is 18.6 Å². The van der Waals surface area contributed by atoms with Crippen LogP contribution in [0.1, 0.15) is 16.1 Å². The lowest BCUT2D eigenvalue weighted by molar-refractivity contribution is 0.0955. The Hall–Kier alpha value is -2.44. The van der Waals surface area contributed by atoms with Crippen LogP contribution in [0, 0.1) is 0 Å². The molecule has 3 rings (SSSR count). The topological polar surface area (TPSA) is 75.4 Å². The van der Waals surface area contributed by atoms with Crippen LogP contribution < -0.4 is 5.32 Å². The SMILES string of the molecule is O=C(NCCCO)c1sc(-c2ccco2)nc1-c1ccccc1. The minimum Gasteiger partial charge on any atom is -0.462 e. The molecule has 0 aliphatic rings. The molecule has 1 aromatic carbocycles. The molecule has 0 aliphatic heterocycles. The van der Waals surface area contributed by atoms with Gasteiger partial charge < -0.3 is 14.8 Å². The molecule has 0 unspecified atom stereocenters. The molecule has 118 valence electrons. The first-order valence-electron chi connectivity index (χ1n) is 7.29. The first-order valence-corrected chi connectivity index (χ1v) is 8.10.